The van der Waals surface area contributed by atoms with Crippen LogP contribution in [0.1, 0.15) is 72.6 Å². The summed E-state index contributed by atoms with van der Waals surface area (Å²) in [5.74, 6) is -0.563. The van der Waals surface area contributed by atoms with Crippen molar-refractivity contribution in [2.24, 2.45) is 28.6 Å². The topological polar surface area (TPSA) is 71.1 Å². The number of hydrogen-bond acceptors (Lipinski definition) is 6. The molecule has 6 fully saturated rings. The molecule has 2 saturated heterocycles. The number of ketones is 1. The van der Waals surface area contributed by atoms with Crippen molar-refractivity contribution >= 4 is 27.7 Å². The minimum Gasteiger partial charge on any atom is -0.463 e. The quantitative estimate of drug-likeness (QED) is 0.386. The van der Waals surface area contributed by atoms with Crippen LogP contribution in [0.3, 0.4) is 0 Å². The van der Waals surface area contributed by atoms with Gasteiger partial charge in [-0.3, -0.25) is 9.59 Å². The van der Waals surface area contributed by atoms with Crippen molar-refractivity contribution in [2.45, 2.75) is 107 Å². The number of Topliss-reactive ketones (excluding diaryl/α,β-unsaturated/α-hetero) is 1. The first-order valence-electron chi connectivity index (χ1n) is 12.9. The monoisotopic (exact) mass is 542 g/mol. The molecule has 10 atom stereocenters. The van der Waals surface area contributed by atoms with Gasteiger partial charge < -0.3 is 18.9 Å². The maximum absolute atomic E-state index is 14.0. The van der Waals surface area contributed by atoms with Gasteiger partial charge in [-0.05, 0) is 70.1 Å². The molecular formula is C26H36BrFO6. The lowest BCUT2D eigenvalue weighted by molar-refractivity contribution is -0.218. The molecule has 0 amide bonds. The van der Waals surface area contributed by atoms with Crippen LogP contribution in [0.5, 0.6) is 0 Å². The molecule has 190 valence electrons. The predicted octanol–water partition coefficient (Wildman–Crippen LogP) is 4.51. The minimum absolute atomic E-state index is 0.0193. The Hall–Kier alpha value is -0.570. The molecule has 0 aromatic carbocycles. The van der Waals surface area contributed by atoms with E-state index in [1.165, 1.54) is 6.92 Å². The second-order valence-corrected chi connectivity index (χ2v) is 13.9. The average Bonchev–Trinajstić information content (AvgIpc) is 3.23. The highest BCUT2D eigenvalue weighted by Crippen LogP contribution is 2.75. The Bertz CT molecular complexity index is 927. The number of fused-ring (bicyclic) bond motifs is 5. The Balaban J connectivity index is 1.35. The molecule has 6 rings (SSSR count). The third-order valence-corrected chi connectivity index (χ3v) is 12.4. The average molecular weight is 543 g/mol. The normalized spacial score (nSPS) is 54.5. The van der Waals surface area contributed by atoms with Gasteiger partial charge in [0, 0.05) is 24.2 Å². The van der Waals surface area contributed by atoms with Gasteiger partial charge in [-0.2, -0.15) is 0 Å². The molecule has 2 aliphatic heterocycles. The number of carbonyl (C=O) groups is 2. The summed E-state index contributed by atoms with van der Waals surface area (Å²) in [6.45, 7) is 6.99. The van der Waals surface area contributed by atoms with Crippen molar-refractivity contribution in [1.82, 2.24) is 0 Å². The molecule has 2 bridgehead atoms. The Morgan fingerprint density at radius 3 is 2.56 bits per heavy atom. The van der Waals surface area contributed by atoms with Gasteiger partial charge in [-0.25, -0.2) is 4.39 Å². The van der Waals surface area contributed by atoms with Crippen molar-refractivity contribution in [1.29, 1.82) is 0 Å². The van der Waals surface area contributed by atoms with Crippen LogP contribution in [0.4, 0.5) is 4.39 Å². The van der Waals surface area contributed by atoms with E-state index in [-0.39, 0.29) is 33.8 Å². The maximum atomic E-state index is 14.0. The van der Waals surface area contributed by atoms with Gasteiger partial charge >= 0.3 is 5.97 Å². The molecule has 4 saturated carbocycles. The molecule has 1 unspecified atom stereocenters. The fraction of sp³-hybridized carbons (Fsp3) is 0.923. The van der Waals surface area contributed by atoms with E-state index >= 15 is 0 Å². The van der Waals surface area contributed by atoms with Crippen molar-refractivity contribution in [2.75, 3.05) is 13.3 Å². The van der Waals surface area contributed by atoms with Crippen molar-refractivity contribution < 1.29 is 32.9 Å². The van der Waals surface area contributed by atoms with Crippen LogP contribution >= 0.6 is 15.9 Å². The predicted molar refractivity (Wildman–Crippen MR) is 124 cm³/mol. The van der Waals surface area contributed by atoms with Crippen LogP contribution in [0.25, 0.3) is 0 Å². The highest BCUT2D eigenvalue weighted by molar-refractivity contribution is 9.10. The van der Waals surface area contributed by atoms with Crippen LogP contribution in [-0.2, 0) is 28.5 Å². The van der Waals surface area contributed by atoms with Gasteiger partial charge in [0.2, 0.25) is 0 Å². The Morgan fingerprint density at radius 2 is 1.85 bits per heavy atom. The number of esters is 1. The van der Waals surface area contributed by atoms with E-state index in [9.17, 15) is 14.0 Å². The van der Waals surface area contributed by atoms with Crippen molar-refractivity contribution in [3.05, 3.63) is 0 Å². The molecule has 34 heavy (non-hydrogen) atoms. The molecule has 6 nitrogen and oxygen atoms in total. The molecule has 2 heterocycles. The molecule has 8 heteroatoms. The van der Waals surface area contributed by atoms with Gasteiger partial charge in [0.1, 0.15) is 6.10 Å². The lowest BCUT2D eigenvalue weighted by atomic mass is 9.44. The van der Waals surface area contributed by atoms with Gasteiger partial charge in [0.25, 0.3) is 0 Å². The van der Waals surface area contributed by atoms with Crippen LogP contribution in [0, 0.1) is 28.6 Å². The van der Waals surface area contributed by atoms with Gasteiger partial charge in [0.15, 0.2) is 23.8 Å². The van der Waals surface area contributed by atoms with Crippen LogP contribution in [-0.4, -0.2) is 59.1 Å². The van der Waals surface area contributed by atoms with E-state index in [0.29, 0.717) is 11.8 Å². The smallest absolute Gasteiger partial charge is 0.302 e. The Labute approximate surface area is 209 Å². The molecular weight excluding hydrogens is 507 g/mol. The zero-order valence-electron chi connectivity index (χ0n) is 20.5. The number of ether oxygens (including phenoxy) is 4. The molecule has 0 aromatic rings. The standard InChI is InChI=1S/C26H36BrFO6/c1-14(29)32-15-5-8-24-13-31-20(25(24,27)11-15)9-16-17(24)6-7-23(4)18(16)10-21-26(23,19(30)12-28)34-22(2,3)33-21/h15-18,20-21H,5-13H2,1-4H3/t15-,16+,17-,18-,20?,21+,23-,24-,25-,26+/m0/s1. The number of carbonyl (C=O) groups excluding carboxylic acids is 2. The van der Waals surface area contributed by atoms with E-state index in [4.69, 9.17) is 18.9 Å². The molecule has 0 N–H and O–H groups in total. The first kappa shape index (κ1) is 23.8. The number of hydrogen-bond donors (Lipinski definition) is 0. The summed E-state index contributed by atoms with van der Waals surface area (Å²) in [5.41, 5.74) is -1.70. The van der Waals surface area contributed by atoms with E-state index in [1.54, 1.807) is 0 Å². The van der Waals surface area contributed by atoms with Crippen molar-refractivity contribution in [3.63, 3.8) is 0 Å². The Morgan fingerprint density at radius 1 is 1.09 bits per heavy atom. The second kappa shape index (κ2) is 7.26. The lowest BCUT2D eigenvalue weighted by Crippen LogP contribution is -2.66. The van der Waals surface area contributed by atoms with Gasteiger partial charge in [0.05, 0.1) is 23.1 Å². The van der Waals surface area contributed by atoms with E-state index < -0.39 is 35.4 Å². The Kier molecular flexibility index (Phi) is 5.08. The highest BCUT2D eigenvalue weighted by atomic mass is 79.9. The zero-order chi connectivity index (χ0) is 24.3. The summed E-state index contributed by atoms with van der Waals surface area (Å²) in [7, 11) is 0. The van der Waals surface area contributed by atoms with E-state index in [0.717, 1.165) is 51.6 Å². The number of halogens is 2. The number of rotatable bonds is 3. The second-order valence-electron chi connectivity index (χ2n) is 12.5. The summed E-state index contributed by atoms with van der Waals surface area (Å²) in [4.78, 5) is 24.9. The van der Waals surface area contributed by atoms with Crippen molar-refractivity contribution in [3.8, 4) is 0 Å². The minimum atomic E-state index is -1.21. The summed E-state index contributed by atoms with van der Waals surface area (Å²) >= 11 is 4.17. The van der Waals surface area contributed by atoms with Gasteiger partial charge in [-0.15, -0.1) is 0 Å². The molecule has 0 spiro atoms. The lowest BCUT2D eigenvalue weighted by Gasteiger charge is -2.63. The molecule has 4 aliphatic carbocycles. The summed E-state index contributed by atoms with van der Waals surface area (Å²) in [5, 5.41) is 0. The maximum Gasteiger partial charge on any atom is 0.302 e. The molecule has 0 radical (unpaired) electrons. The number of alkyl halides is 2. The fourth-order valence-electron chi connectivity index (χ4n) is 9.73. The molecule has 6 aliphatic rings. The largest absolute Gasteiger partial charge is 0.463 e. The summed E-state index contributed by atoms with van der Waals surface area (Å²) in [6, 6.07) is 0. The third-order valence-electron chi connectivity index (χ3n) is 10.8. The SMILES string of the molecule is CC(=O)O[C@H]1CC[C@]23COC(C[C@@H]4[C@@H]2CC[C@@]2(C)[C@H]4C[C@H]4OC(C)(C)O[C@]42C(=O)CF)[C@@]3(Br)C1. The van der Waals surface area contributed by atoms with Crippen LogP contribution in [0.15, 0.2) is 0 Å². The van der Waals surface area contributed by atoms with Crippen LogP contribution in [0.2, 0.25) is 0 Å². The fourth-order valence-corrected chi connectivity index (χ4v) is 11.0. The summed E-state index contributed by atoms with van der Waals surface area (Å²) in [6.07, 6.45) is 5.49. The molecule has 0 aromatic heterocycles. The van der Waals surface area contributed by atoms with Gasteiger partial charge in [-0.1, -0.05) is 22.9 Å². The zero-order valence-corrected chi connectivity index (χ0v) is 22.1. The highest BCUT2D eigenvalue weighted by Gasteiger charge is 2.78. The first-order valence-corrected chi connectivity index (χ1v) is 13.7. The first-order chi connectivity index (χ1) is 15.9. The van der Waals surface area contributed by atoms with E-state index in [1.807, 2.05) is 13.8 Å². The third kappa shape index (κ3) is 2.72. The summed E-state index contributed by atoms with van der Waals surface area (Å²) < 4.78 is 38.6. The van der Waals surface area contributed by atoms with Crippen LogP contribution < -0.4 is 0 Å². The van der Waals surface area contributed by atoms with E-state index in [2.05, 4.69) is 22.9 Å².